The van der Waals surface area contributed by atoms with E-state index in [1.165, 1.54) is 0 Å². The molecule has 0 saturated heterocycles. The van der Waals surface area contributed by atoms with Gasteiger partial charge in [0.15, 0.2) is 0 Å². The van der Waals surface area contributed by atoms with Crippen LogP contribution in [0.15, 0.2) is 30.3 Å². The van der Waals surface area contributed by atoms with Gasteiger partial charge in [-0.15, -0.1) is 0 Å². The molecule has 1 unspecified atom stereocenters. The van der Waals surface area contributed by atoms with Crippen molar-refractivity contribution in [1.29, 1.82) is 0 Å². The van der Waals surface area contributed by atoms with Gasteiger partial charge in [0.05, 0.1) is 12.0 Å². The van der Waals surface area contributed by atoms with Crippen molar-refractivity contribution in [1.82, 2.24) is 5.06 Å². The summed E-state index contributed by atoms with van der Waals surface area (Å²) in [5, 5.41) is 10.4. The van der Waals surface area contributed by atoms with Gasteiger partial charge in [0, 0.05) is 0 Å². The van der Waals surface area contributed by atoms with Gasteiger partial charge in [-0.2, -0.15) is 0 Å². The average Bonchev–Trinajstić information content (AvgIpc) is 2.49. The van der Waals surface area contributed by atoms with Crippen LogP contribution in [-0.4, -0.2) is 28.6 Å². The van der Waals surface area contributed by atoms with Crippen molar-refractivity contribution < 1.29 is 19.5 Å². The normalized spacial score (nSPS) is 13.4. The molecule has 0 saturated carbocycles. The zero-order valence-electron chi connectivity index (χ0n) is 12.6. The summed E-state index contributed by atoms with van der Waals surface area (Å²) in [5.74, 6) is -1.52. The predicted molar refractivity (Wildman–Crippen MR) is 79.2 cm³/mol. The third-order valence-corrected chi connectivity index (χ3v) is 3.50. The fourth-order valence-electron chi connectivity index (χ4n) is 2.14. The van der Waals surface area contributed by atoms with Crippen LogP contribution in [0.25, 0.3) is 0 Å². The highest BCUT2D eigenvalue weighted by atomic mass is 16.7. The third-order valence-electron chi connectivity index (χ3n) is 3.50. The summed E-state index contributed by atoms with van der Waals surface area (Å²) in [7, 11) is 0. The summed E-state index contributed by atoms with van der Waals surface area (Å²) in [6, 6.07) is 8.94. The van der Waals surface area contributed by atoms with Gasteiger partial charge in [0.1, 0.15) is 6.61 Å². The first-order chi connectivity index (χ1) is 10.1. The molecule has 0 bridgehead atoms. The smallest absolute Gasteiger partial charge is 0.308 e. The van der Waals surface area contributed by atoms with Crippen molar-refractivity contribution in [3.8, 4) is 0 Å². The Bertz CT molecular complexity index is 435. The molecule has 0 aliphatic heterocycles. The van der Waals surface area contributed by atoms with Gasteiger partial charge in [-0.05, 0) is 18.9 Å². The number of unbranched alkanes of at least 4 members (excludes halogenated alkanes) is 1. The fraction of sp³-hybridized carbons (Fsp3) is 0.500. The van der Waals surface area contributed by atoms with Crippen LogP contribution in [0.2, 0.25) is 0 Å². The molecule has 1 rings (SSSR count). The summed E-state index contributed by atoms with van der Waals surface area (Å²) < 4.78 is 0. The first kappa shape index (κ1) is 17.2. The van der Waals surface area contributed by atoms with Crippen LogP contribution >= 0.6 is 0 Å². The van der Waals surface area contributed by atoms with Crippen molar-refractivity contribution in [3.05, 3.63) is 35.9 Å². The maximum atomic E-state index is 11.3. The number of aliphatic carboxylic acids is 1. The molecule has 1 aromatic carbocycles. The predicted octanol–water partition coefficient (Wildman–Crippen LogP) is 2.86. The van der Waals surface area contributed by atoms with Crippen LogP contribution < -0.4 is 0 Å². The number of carbonyl (C=O) groups excluding carboxylic acids is 1. The van der Waals surface area contributed by atoms with Crippen molar-refractivity contribution in [2.24, 2.45) is 5.92 Å². The number of carboxylic acids is 1. The Morgan fingerprint density at radius 3 is 2.57 bits per heavy atom. The molecular weight excluding hydrogens is 270 g/mol. The zero-order valence-corrected chi connectivity index (χ0v) is 12.6. The molecule has 1 amide bonds. The number of carbonyl (C=O) groups is 2. The molecule has 1 aromatic rings. The SMILES string of the molecule is CCCC[C@@H](C(=O)O)C(C)N(C=O)OCc1ccccc1. The van der Waals surface area contributed by atoms with E-state index in [2.05, 4.69) is 0 Å². The molecule has 5 heteroatoms. The molecule has 0 aliphatic carbocycles. The molecule has 5 nitrogen and oxygen atoms in total. The van der Waals surface area contributed by atoms with E-state index in [0.29, 0.717) is 12.8 Å². The summed E-state index contributed by atoms with van der Waals surface area (Å²) in [4.78, 5) is 28.0. The Hall–Kier alpha value is -1.88. The standard InChI is InChI=1S/C16H23NO4/c1-3-4-10-15(16(19)20)13(2)17(12-18)21-11-14-8-6-5-7-9-14/h5-9,12-13,15H,3-4,10-11H2,1-2H3,(H,19,20)/t13?,15-/m1/s1. The number of hydroxylamine groups is 2. The summed E-state index contributed by atoms with van der Waals surface area (Å²) in [6.07, 6.45) is 2.82. The highest BCUT2D eigenvalue weighted by molar-refractivity contribution is 5.71. The van der Waals surface area contributed by atoms with E-state index in [1.54, 1.807) is 6.92 Å². The van der Waals surface area contributed by atoms with Gasteiger partial charge in [-0.3, -0.25) is 14.4 Å². The maximum absolute atomic E-state index is 11.3. The number of hydrogen-bond acceptors (Lipinski definition) is 3. The van der Waals surface area contributed by atoms with Crippen molar-refractivity contribution in [2.75, 3.05) is 0 Å². The van der Waals surface area contributed by atoms with Crippen LogP contribution in [0.3, 0.4) is 0 Å². The Balaban J connectivity index is 2.63. The Kier molecular flexibility index (Phi) is 7.46. The molecule has 0 heterocycles. The second-order valence-corrected chi connectivity index (χ2v) is 5.05. The molecule has 0 aliphatic rings. The number of nitrogens with zero attached hydrogens (tertiary/aromatic N) is 1. The van der Waals surface area contributed by atoms with E-state index in [-0.39, 0.29) is 6.61 Å². The van der Waals surface area contributed by atoms with Crippen LogP contribution in [0.5, 0.6) is 0 Å². The van der Waals surface area contributed by atoms with E-state index < -0.39 is 17.9 Å². The maximum Gasteiger partial charge on any atom is 0.308 e. The van der Waals surface area contributed by atoms with Gasteiger partial charge in [-0.1, -0.05) is 50.1 Å². The first-order valence-electron chi connectivity index (χ1n) is 7.23. The lowest BCUT2D eigenvalue weighted by Crippen LogP contribution is -2.41. The topological polar surface area (TPSA) is 66.8 Å². The lowest BCUT2D eigenvalue weighted by Gasteiger charge is -2.28. The van der Waals surface area contributed by atoms with Gasteiger partial charge in [0.2, 0.25) is 6.41 Å². The first-order valence-corrected chi connectivity index (χ1v) is 7.23. The lowest BCUT2D eigenvalue weighted by molar-refractivity contribution is -0.199. The van der Waals surface area contributed by atoms with E-state index in [0.717, 1.165) is 23.5 Å². The van der Waals surface area contributed by atoms with Crippen LogP contribution in [-0.2, 0) is 21.0 Å². The van der Waals surface area contributed by atoms with Crippen molar-refractivity contribution in [3.63, 3.8) is 0 Å². The van der Waals surface area contributed by atoms with Gasteiger partial charge in [-0.25, -0.2) is 5.06 Å². The van der Waals surface area contributed by atoms with Crippen LogP contribution in [0.1, 0.15) is 38.7 Å². The van der Waals surface area contributed by atoms with E-state index in [1.807, 2.05) is 37.3 Å². The summed E-state index contributed by atoms with van der Waals surface area (Å²) in [6.45, 7) is 3.95. The molecule has 1 N–H and O–H groups in total. The Morgan fingerprint density at radius 2 is 2.05 bits per heavy atom. The largest absolute Gasteiger partial charge is 0.481 e. The number of carboxylic acid groups (broad SMARTS) is 1. The minimum Gasteiger partial charge on any atom is -0.481 e. The minimum atomic E-state index is -0.897. The second-order valence-electron chi connectivity index (χ2n) is 5.05. The van der Waals surface area contributed by atoms with Crippen molar-refractivity contribution in [2.45, 2.75) is 45.8 Å². The lowest BCUT2D eigenvalue weighted by atomic mass is 9.95. The van der Waals surface area contributed by atoms with E-state index in [4.69, 9.17) is 4.84 Å². The molecule has 116 valence electrons. The number of rotatable bonds is 10. The molecule has 2 atom stereocenters. The van der Waals surface area contributed by atoms with Crippen LogP contribution in [0.4, 0.5) is 0 Å². The van der Waals surface area contributed by atoms with E-state index in [9.17, 15) is 14.7 Å². The zero-order chi connectivity index (χ0) is 15.7. The number of hydrogen-bond donors (Lipinski definition) is 1. The van der Waals surface area contributed by atoms with E-state index >= 15 is 0 Å². The molecule has 0 fully saturated rings. The minimum absolute atomic E-state index is 0.240. The molecule has 0 aromatic heterocycles. The van der Waals surface area contributed by atoms with Gasteiger partial charge >= 0.3 is 5.97 Å². The molecule has 21 heavy (non-hydrogen) atoms. The molecular formula is C16H23NO4. The highest BCUT2D eigenvalue weighted by Gasteiger charge is 2.29. The summed E-state index contributed by atoms with van der Waals surface area (Å²) >= 11 is 0. The monoisotopic (exact) mass is 293 g/mol. The van der Waals surface area contributed by atoms with Crippen molar-refractivity contribution >= 4 is 12.4 Å². The quantitative estimate of drug-likeness (QED) is 0.532. The Morgan fingerprint density at radius 1 is 1.38 bits per heavy atom. The van der Waals surface area contributed by atoms with Gasteiger partial charge < -0.3 is 5.11 Å². The van der Waals surface area contributed by atoms with Crippen LogP contribution in [0, 0.1) is 5.92 Å². The molecule has 0 spiro atoms. The molecule has 0 radical (unpaired) electrons. The average molecular weight is 293 g/mol. The fourth-order valence-corrected chi connectivity index (χ4v) is 2.14. The van der Waals surface area contributed by atoms with Gasteiger partial charge in [0.25, 0.3) is 0 Å². The Labute approximate surface area is 125 Å². The highest BCUT2D eigenvalue weighted by Crippen LogP contribution is 2.18. The number of benzene rings is 1. The summed E-state index contributed by atoms with van der Waals surface area (Å²) in [5.41, 5.74) is 0.928. The number of amides is 1. The third kappa shape index (κ3) is 5.55. The second kappa shape index (κ2) is 9.13.